The molecular formula is C26H25ClN6O5. The average molecular weight is 537 g/mol. The number of nitriles is 1. The van der Waals surface area contributed by atoms with E-state index >= 15 is 0 Å². The van der Waals surface area contributed by atoms with Gasteiger partial charge in [-0.05, 0) is 31.0 Å². The van der Waals surface area contributed by atoms with Crippen molar-refractivity contribution in [1.29, 1.82) is 5.26 Å². The molecule has 1 fully saturated rings. The fraction of sp³-hybridized carbons (Fsp3) is 0.385. The number of carbonyl (C=O) groups is 2. The second-order valence-electron chi connectivity index (χ2n) is 9.14. The van der Waals surface area contributed by atoms with Gasteiger partial charge >= 0.3 is 5.97 Å². The van der Waals surface area contributed by atoms with Gasteiger partial charge in [0.25, 0.3) is 0 Å². The van der Waals surface area contributed by atoms with Gasteiger partial charge in [0.1, 0.15) is 17.7 Å². The number of imidazole rings is 1. The standard InChI is InChI=1S/C26H25ClN6O5/c1-5-25(4)18(12-36-26(13-28,15(2)34)11-17-9-7-6-8-10-17)38-23(20(25)37-16(3)35)33-14-30-19-21(29)31-24(27)32-22(19)33/h1,6-10,14,18,20,23H,11-12H2,2-4H3,(H2,29,31,32)/t18-,20+,23-,25+,26?/m1/s1. The molecule has 3 heterocycles. The van der Waals surface area contributed by atoms with Crippen molar-refractivity contribution in [3.05, 3.63) is 47.5 Å². The molecule has 1 aliphatic rings. The third-order valence-electron chi connectivity index (χ3n) is 6.65. The van der Waals surface area contributed by atoms with Gasteiger partial charge in [-0.25, -0.2) is 4.98 Å². The van der Waals surface area contributed by atoms with E-state index in [0.29, 0.717) is 0 Å². The Morgan fingerprint density at radius 2 is 2.03 bits per heavy atom. The number of aromatic nitrogens is 4. The maximum atomic E-state index is 12.7. The number of nitrogen functional groups attached to an aromatic ring is 1. The van der Waals surface area contributed by atoms with Gasteiger partial charge in [0, 0.05) is 13.3 Å². The quantitative estimate of drug-likeness (QED) is 0.258. The lowest BCUT2D eigenvalue weighted by molar-refractivity contribution is -0.155. The van der Waals surface area contributed by atoms with Crippen molar-refractivity contribution in [3.8, 4) is 18.4 Å². The van der Waals surface area contributed by atoms with Crippen LogP contribution < -0.4 is 5.73 Å². The summed E-state index contributed by atoms with van der Waals surface area (Å²) in [5.41, 5.74) is 4.17. The summed E-state index contributed by atoms with van der Waals surface area (Å²) >= 11 is 6.02. The molecule has 2 aromatic heterocycles. The van der Waals surface area contributed by atoms with Crippen molar-refractivity contribution in [2.75, 3.05) is 12.3 Å². The number of fused-ring (bicyclic) bond motifs is 1. The second-order valence-corrected chi connectivity index (χ2v) is 9.48. The number of rotatable bonds is 8. The van der Waals surface area contributed by atoms with Gasteiger partial charge < -0.3 is 19.9 Å². The number of nitrogens with two attached hydrogens (primary N) is 1. The van der Waals surface area contributed by atoms with Crippen LogP contribution in [0.2, 0.25) is 5.28 Å². The number of Topliss-reactive ketones (excluding diaryl/α,β-unsaturated/α-hetero) is 1. The van der Waals surface area contributed by atoms with E-state index in [-0.39, 0.29) is 35.3 Å². The van der Waals surface area contributed by atoms with Crippen LogP contribution in [0.25, 0.3) is 11.2 Å². The van der Waals surface area contributed by atoms with Crippen LogP contribution in [0, 0.1) is 29.1 Å². The second kappa shape index (κ2) is 10.4. The Morgan fingerprint density at radius 1 is 1.32 bits per heavy atom. The van der Waals surface area contributed by atoms with Crippen LogP contribution in [0.3, 0.4) is 0 Å². The first-order chi connectivity index (χ1) is 18.0. The molecule has 38 heavy (non-hydrogen) atoms. The summed E-state index contributed by atoms with van der Waals surface area (Å²) in [4.78, 5) is 37.1. The molecule has 4 rings (SSSR count). The minimum atomic E-state index is -1.79. The highest BCUT2D eigenvalue weighted by molar-refractivity contribution is 6.28. The number of hydrogen-bond donors (Lipinski definition) is 1. The van der Waals surface area contributed by atoms with Crippen molar-refractivity contribution in [1.82, 2.24) is 19.5 Å². The Labute approximate surface area is 223 Å². The summed E-state index contributed by atoms with van der Waals surface area (Å²) < 4.78 is 19.4. The lowest BCUT2D eigenvalue weighted by Gasteiger charge is -2.31. The summed E-state index contributed by atoms with van der Waals surface area (Å²) in [6.45, 7) is 3.96. The lowest BCUT2D eigenvalue weighted by Crippen LogP contribution is -2.46. The normalized spacial score (nSPS) is 24.3. The van der Waals surface area contributed by atoms with E-state index < -0.39 is 41.2 Å². The molecule has 5 atom stereocenters. The molecule has 1 saturated heterocycles. The number of ketones is 1. The number of esters is 1. The van der Waals surface area contributed by atoms with E-state index in [1.54, 1.807) is 31.2 Å². The van der Waals surface area contributed by atoms with Crippen LogP contribution in [-0.4, -0.2) is 55.7 Å². The van der Waals surface area contributed by atoms with E-state index in [1.807, 2.05) is 12.1 Å². The number of terminal acetylenes is 1. The minimum Gasteiger partial charge on any atom is -0.456 e. The zero-order chi connectivity index (χ0) is 27.7. The Morgan fingerprint density at radius 3 is 2.63 bits per heavy atom. The summed E-state index contributed by atoms with van der Waals surface area (Å²) in [6.07, 6.45) is 4.45. The smallest absolute Gasteiger partial charge is 0.303 e. The molecular weight excluding hydrogens is 512 g/mol. The molecule has 11 nitrogen and oxygen atoms in total. The van der Waals surface area contributed by atoms with Gasteiger partial charge in [0.05, 0.1) is 18.3 Å². The van der Waals surface area contributed by atoms with E-state index in [9.17, 15) is 14.9 Å². The minimum absolute atomic E-state index is 0.0246. The number of hydrogen-bond acceptors (Lipinski definition) is 10. The van der Waals surface area contributed by atoms with Gasteiger partial charge in [0.2, 0.25) is 10.9 Å². The third kappa shape index (κ3) is 4.79. The highest BCUT2D eigenvalue weighted by Crippen LogP contribution is 2.46. The van der Waals surface area contributed by atoms with Crippen molar-refractivity contribution >= 4 is 40.3 Å². The fourth-order valence-electron chi connectivity index (χ4n) is 4.44. The summed E-state index contributed by atoms with van der Waals surface area (Å²) in [7, 11) is 0. The van der Waals surface area contributed by atoms with Crippen LogP contribution in [0.1, 0.15) is 32.6 Å². The molecule has 12 heteroatoms. The van der Waals surface area contributed by atoms with Crippen LogP contribution >= 0.6 is 11.6 Å². The Balaban J connectivity index is 1.71. The summed E-state index contributed by atoms with van der Waals surface area (Å²) in [5, 5.41) is 9.90. The van der Waals surface area contributed by atoms with Gasteiger partial charge in [-0.2, -0.15) is 15.2 Å². The first-order valence-corrected chi connectivity index (χ1v) is 12.0. The van der Waals surface area contributed by atoms with Crippen LogP contribution in [-0.2, 0) is 30.2 Å². The first kappa shape index (κ1) is 27.0. The van der Waals surface area contributed by atoms with Crippen LogP contribution in [0.5, 0.6) is 0 Å². The molecule has 0 amide bonds. The average Bonchev–Trinajstić information content (AvgIpc) is 3.41. The SMILES string of the molecule is C#C[C@@]1(C)[C@@H](COC(C#N)(Cc2ccccc2)C(C)=O)O[C@@H](n2cnc3c(N)nc(Cl)nc32)[C@@H]1OC(C)=O. The lowest BCUT2D eigenvalue weighted by atomic mass is 9.81. The molecule has 0 aliphatic carbocycles. The maximum absolute atomic E-state index is 12.7. The van der Waals surface area contributed by atoms with E-state index in [4.69, 9.17) is 38.0 Å². The highest BCUT2D eigenvalue weighted by Gasteiger charge is 2.57. The van der Waals surface area contributed by atoms with E-state index in [1.165, 1.54) is 24.7 Å². The molecule has 2 N–H and O–H groups in total. The van der Waals surface area contributed by atoms with Crippen molar-refractivity contribution < 1.29 is 23.8 Å². The number of anilines is 1. The zero-order valence-corrected chi connectivity index (χ0v) is 21.7. The summed E-state index contributed by atoms with van der Waals surface area (Å²) in [6, 6.07) is 11.1. The predicted molar refractivity (Wildman–Crippen MR) is 136 cm³/mol. The van der Waals surface area contributed by atoms with Gasteiger partial charge in [0.15, 0.2) is 29.6 Å². The molecule has 3 aromatic rings. The largest absolute Gasteiger partial charge is 0.456 e. The molecule has 196 valence electrons. The third-order valence-corrected chi connectivity index (χ3v) is 6.82. The fourth-order valence-corrected chi connectivity index (χ4v) is 4.62. The van der Waals surface area contributed by atoms with Crippen molar-refractivity contribution in [3.63, 3.8) is 0 Å². The molecule has 0 bridgehead atoms. The maximum Gasteiger partial charge on any atom is 0.303 e. The van der Waals surface area contributed by atoms with Crippen LogP contribution in [0.4, 0.5) is 5.82 Å². The van der Waals surface area contributed by atoms with Gasteiger partial charge in [-0.1, -0.05) is 36.3 Å². The van der Waals surface area contributed by atoms with Crippen molar-refractivity contribution in [2.24, 2.45) is 5.41 Å². The summed E-state index contributed by atoms with van der Waals surface area (Å²) in [5.74, 6) is 1.66. The van der Waals surface area contributed by atoms with Crippen molar-refractivity contribution in [2.45, 2.75) is 51.2 Å². The Hall–Kier alpha value is -4.03. The molecule has 0 spiro atoms. The first-order valence-electron chi connectivity index (χ1n) is 11.6. The number of carbonyl (C=O) groups excluding carboxylic acids is 2. The Bertz CT molecular complexity index is 1460. The van der Waals surface area contributed by atoms with E-state index in [0.717, 1.165) is 5.56 Å². The van der Waals surface area contributed by atoms with E-state index in [2.05, 4.69) is 20.9 Å². The number of benzene rings is 1. The zero-order valence-electron chi connectivity index (χ0n) is 20.9. The van der Waals surface area contributed by atoms with Gasteiger partial charge in [-0.3, -0.25) is 14.2 Å². The molecule has 1 unspecified atom stereocenters. The molecule has 0 saturated carbocycles. The molecule has 1 aromatic carbocycles. The number of ether oxygens (including phenoxy) is 3. The Kier molecular flexibility index (Phi) is 7.38. The molecule has 1 aliphatic heterocycles. The van der Waals surface area contributed by atoms with Gasteiger partial charge in [-0.15, -0.1) is 6.42 Å². The highest BCUT2D eigenvalue weighted by atomic mass is 35.5. The number of halogens is 1. The molecule has 0 radical (unpaired) electrons. The topological polar surface area (TPSA) is 155 Å². The van der Waals surface area contributed by atoms with Crippen LogP contribution in [0.15, 0.2) is 36.7 Å². The monoisotopic (exact) mass is 536 g/mol. The number of nitrogens with zero attached hydrogens (tertiary/aromatic N) is 5. The predicted octanol–water partition coefficient (Wildman–Crippen LogP) is 2.64.